The summed E-state index contributed by atoms with van der Waals surface area (Å²) in [6.07, 6.45) is 14.5. The van der Waals surface area contributed by atoms with Gasteiger partial charge in [-0.25, -0.2) is 13.1 Å². The molecule has 0 aromatic heterocycles. The quantitative estimate of drug-likeness (QED) is 0.186. The average Bonchev–Trinajstić information content (AvgIpc) is 3.49. The van der Waals surface area contributed by atoms with Crippen LogP contribution in [0.25, 0.3) is 5.57 Å². The molecule has 0 saturated heterocycles. The zero-order chi connectivity index (χ0) is 34.6. The van der Waals surface area contributed by atoms with Crippen molar-refractivity contribution in [2.75, 3.05) is 33.8 Å². The van der Waals surface area contributed by atoms with Crippen LogP contribution < -0.4 is 10.0 Å². The molecule has 12 heteroatoms. The molecule has 3 rings (SSSR count). The lowest BCUT2D eigenvalue weighted by atomic mass is 10.0. The number of carbonyl (C=O) groups excluding carboxylic acids is 2. The summed E-state index contributed by atoms with van der Waals surface area (Å²) in [5, 5.41) is 2.38. The van der Waals surface area contributed by atoms with Crippen LogP contribution in [-0.2, 0) is 24.3 Å². The molecule has 2 aliphatic carbocycles. The molecule has 0 radical (unpaired) electrons. The van der Waals surface area contributed by atoms with Gasteiger partial charge in [0, 0.05) is 26.1 Å². The van der Waals surface area contributed by atoms with Crippen molar-refractivity contribution in [3.63, 3.8) is 0 Å². The Hall–Kier alpha value is -3.74. The Balaban J connectivity index is 0.000000504. The van der Waals surface area contributed by atoms with E-state index in [4.69, 9.17) is 0 Å². The third-order valence-electron chi connectivity index (χ3n) is 6.86. The maximum absolute atomic E-state index is 12.6. The molecule has 46 heavy (non-hydrogen) atoms. The highest BCUT2D eigenvalue weighted by Crippen LogP contribution is 2.29. The minimum absolute atomic E-state index is 0.171. The standard InChI is InChI=1S/C22H28N2O3S.C10H12F3NO2.C2H6/c1-23-28(26,27)21-13-6-5-12-20(21)18-11-7-8-17(14-15-18)16-24(2)22(25)19-9-3-4-10-19;1-2-4-9(7-14-8-15)5-3-6-16-10(11,12)13;1-2/h5-8,12-15,19,23H,3-4,9-11,16H2,1-2H3;2-5,8H,1,6-7H2,(H,14,15);1-2H3/b;5-3-,9-4+;. The van der Waals surface area contributed by atoms with Gasteiger partial charge in [-0.05, 0) is 54.7 Å². The Kier molecular flexibility index (Phi) is 18.5. The van der Waals surface area contributed by atoms with Gasteiger partial charge < -0.3 is 10.2 Å². The summed E-state index contributed by atoms with van der Waals surface area (Å²) < 4.78 is 65.4. The van der Waals surface area contributed by atoms with E-state index in [-0.39, 0.29) is 23.3 Å². The summed E-state index contributed by atoms with van der Waals surface area (Å²) in [7, 11) is -0.252. The maximum Gasteiger partial charge on any atom is 0.522 e. The lowest BCUT2D eigenvalue weighted by molar-refractivity contribution is -0.319. The number of ether oxygens (including phenoxy) is 1. The van der Waals surface area contributed by atoms with E-state index in [1.807, 2.05) is 62.2 Å². The van der Waals surface area contributed by atoms with Gasteiger partial charge in [0.1, 0.15) is 0 Å². The first kappa shape index (κ1) is 40.3. The topological polar surface area (TPSA) is 105 Å². The van der Waals surface area contributed by atoms with Crippen LogP contribution in [0.5, 0.6) is 0 Å². The van der Waals surface area contributed by atoms with E-state index in [2.05, 4.69) is 21.4 Å². The second-order valence-electron chi connectivity index (χ2n) is 10.1. The summed E-state index contributed by atoms with van der Waals surface area (Å²) in [5.74, 6) is 0.399. The Morgan fingerprint density at radius 2 is 1.83 bits per heavy atom. The van der Waals surface area contributed by atoms with E-state index < -0.39 is 23.0 Å². The van der Waals surface area contributed by atoms with E-state index >= 15 is 0 Å². The molecule has 2 N–H and O–H groups in total. The molecule has 1 fully saturated rings. The molecule has 0 spiro atoms. The van der Waals surface area contributed by atoms with Gasteiger partial charge >= 0.3 is 6.36 Å². The fourth-order valence-electron chi connectivity index (χ4n) is 4.71. The first-order chi connectivity index (χ1) is 21.9. The van der Waals surface area contributed by atoms with E-state index in [0.717, 1.165) is 36.8 Å². The number of nitrogens with one attached hydrogen (secondary N) is 2. The van der Waals surface area contributed by atoms with Crippen LogP contribution in [-0.4, -0.2) is 65.8 Å². The van der Waals surface area contributed by atoms with Gasteiger partial charge in [-0.1, -0.05) is 100 Å². The summed E-state index contributed by atoms with van der Waals surface area (Å²) in [5.41, 5.74) is 3.30. The van der Waals surface area contributed by atoms with Crippen molar-refractivity contribution >= 4 is 27.9 Å². The molecule has 1 aromatic rings. The molecular formula is C34H46F3N3O5S. The molecule has 254 valence electrons. The van der Waals surface area contributed by atoms with E-state index in [0.29, 0.717) is 30.5 Å². The number of benzene rings is 1. The zero-order valence-corrected chi connectivity index (χ0v) is 27.8. The fraction of sp³-hybridized carbons (Fsp3) is 0.412. The number of amides is 2. The third kappa shape index (κ3) is 14.6. The molecule has 0 aliphatic heterocycles. The summed E-state index contributed by atoms with van der Waals surface area (Å²) in [6.45, 7) is 7.65. The largest absolute Gasteiger partial charge is 0.522 e. The SMILES string of the molecule is C=C/C=C(\C=C/COC(F)(F)F)CNC=O.CC.CNS(=O)(=O)c1ccccc1C1=CC=C(CN(C)C(=O)C2CCCC2)C=CC1. The number of allylic oxidation sites excluding steroid dienone is 6. The summed E-state index contributed by atoms with van der Waals surface area (Å²) in [4.78, 5) is 24.7. The highest BCUT2D eigenvalue weighted by atomic mass is 32.2. The summed E-state index contributed by atoms with van der Waals surface area (Å²) >= 11 is 0. The Morgan fingerprint density at radius 3 is 2.43 bits per heavy atom. The van der Waals surface area contributed by atoms with Crippen molar-refractivity contribution in [2.45, 2.75) is 57.2 Å². The third-order valence-corrected chi connectivity index (χ3v) is 8.33. The Morgan fingerprint density at radius 1 is 1.15 bits per heavy atom. The van der Waals surface area contributed by atoms with Gasteiger partial charge in [0.25, 0.3) is 0 Å². The summed E-state index contributed by atoms with van der Waals surface area (Å²) in [6, 6.07) is 7.03. The molecule has 0 bridgehead atoms. The number of halogens is 3. The second-order valence-corrected chi connectivity index (χ2v) is 11.9. The highest BCUT2D eigenvalue weighted by Gasteiger charge is 2.28. The van der Waals surface area contributed by atoms with Gasteiger partial charge in [-0.3, -0.25) is 14.3 Å². The van der Waals surface area contributed by atoms with Crippen LogP contribution in [0.3, 0.4) is 0 Å². The normalized spacial score (nSPS) is 15.4. The van der Waals surface area contributed by atoms with Gasteiger partial charge in [0.05, 0.1) is 11.5 Å². The zero-order valence-electron chi connectivity index (χ0n) is 27.0. The predicted octanol–water partition coefficient (Wildman–Crippen LogP) is 6.48. The number of carbonyl (C=O) groups is 2. The van der Waals surface area contributed by atoms with E-state index in [1.54, 1.807) is 18.2 Å². The maximum atomic E-state index is 12.6. The number of hydrogen-bond acceptors (Lipinski definition) is 5. The van der Waals surface area contributed by atoms with Crippen LogP contribution in [0.15, 0.2) is 95.5 Å². The van der Waals surface area contributed by atoms with Crippen LogP contribution >= 0.6 is 0 Å². The number of rotatable bonds is 13. The molecule has 2 aliphatic rings. The molecule has 2 amide bonds. The number of sulfonamides is 1. The monoisotopic (exact) mass is 665 g/mol. The molecule has 0 atom stereocenters. The smallest absolute Gasteiger partial charge is 0.355 e. The number of likely N-dealkylation sites (N-methyl/N-ethyl adjacent to an activating group) is 1. The Bertz CT molecular complexity index is 1390. The van der Waals surface area contributed by atoms with Gasteiger partial charge in [-0.15, -0.1) is 13.2 Å². The van der Waals surface area contributed by atoms with Crippen molar-refractivity contribution in [1.29, 1.82) is 0 Å². The minimum atomic E-state index is -4.63. The number of nitrogens with zero attached hydrogens (tertiary/aromatic N) is 1. The van der Waals surface area contributed by atoms with Crippen molar-refractivity contribution in [3.8, 4) is 0 Å². The highest BCUT2D eigenvalue weighted by molar-refractivity contribution is 7.89. The van der Waals surface area contributed by atoms with Crippen molar-refractivity contribution < 1.29 is 35.9 Å². The lowest BCUT2D eigenvalue weighted by Gasteiger charge is -2.21. The van der Waals surface area contributed by atoms with Gasteiger partial charge in [0.2, 0.25) is 22.3 Å². The van der Waals surface area contributed by atoms with Crippen molar-refractivity contribution in [1.82, 2.24) is 14.9 Å². The van der Waals surface area contributed by atoms with Crippen LogP contribution in [0, 0.1) is 5.92 Å². The van der Waals surface area contributed by atoms with Crippen LogP contribution in [0.2, 0.25) is 0 Å². The fourth-order valence-corrected chi connectivity index (χ4v) is 5.68. The number of alkyl halides is 3. The first-order valence-corrected chi connectivity index (χ1v) is 16.6. The molecule has 0 unspecified atom stereocenters. The van der Waals surface area contributed by atoms with Crippen LogP contribution in [0.1, 0.15) is 51.5 Å². The lowest BCUT2D eigenvalue weighted by Crippen LogP contribution is -2.33. The first-order valence-electron chi connectivity index (χ1n) is 15.1. The molecule has 0 heterocycles. The molecule has 8 nitrogen and oxygen atoms in total. The van der Waals surface area contributed by atoms with Gasteiger partial charge in [-0.2, -0.15) is 0 Å². The van der Waals surface area contributed by atoms with E-state index in [1.165, 1.54) is 25.3 Å². The number of hydrogen-bond donors (Lipinski definition) is 2. The van der Waals surface area contributed by atoms with Gasteiger partial charge in [0.15, 0.2) is 0 Å². The van der Waals surface area contributed by atoms with E-state index in [9.17, 15) is 31.2 Å². The van der Waals surface area contributed by atoms with Crippen LogP contribution in [0.4, 0.5) is 13.2 Å². The Labute approximate surface area is 271 Å². The molecular weight excluding hydrogens is 619 g/mol. The van der Waals surface area contributed by atoms with Crippen molar-refractivity contribution in [3.05, 3.63) is 96.2 Å². The predicted molar refractivity (Wildman–Crippen MR) is 177 cm³/mol. The minimum Gasteiger partial charge on any atom is -0.355 e. The molecule has 1 aromatic carbocycles. The second kappa shape index (κ2) is 21.1. The van der Waals surface area contributed by atoms with Crippen molar-refractivity contribution in [2.24, 2.45) is 5.92 Å². The average molecular weight is 666 g/mol. The molecule has 1 saturated carbocycles.